The molecule has 3 aromatic rings. The van der Waals surface area contributed by atoms with Gasteiger partial charge in [0.2, 0.25) is 6.23 Å². The number of hydrogen-bond acceptors (Lipinski definition) is 9. The highest BCUT2D eigenvalue weighted by molar-refractivity contribution is 7.46. The number of nitrogens with two attached hydrogens (primary N) is 1. The van der Waals surface area contributed by atoms with Crippen molar-refractivity contribution in [2.45, 2.75) is 31.9 Å². The molecule has 0 radical (unpaired) electrons. The second-order valence-corrected chi connectivity index (χ2v) is 9.45. The molecule has 3 heterocycles. The van der Waals surface area contributed by atoms with Gasteiger partial charge in [-0.3, -0.25) is 9.09 Å². The van der Waals surface area contributed by atoms with Crippen LogP contribution in [0.1, 0.15) is 13.2 Å². The van der Waals surface area contributed by atoms with Gasteiger partial charge in [0.1, 0.15) is 25.0 Å². The summed E-state index contributed by atoms with van der Waals surface area (Å²) in [6, 6.07) is 6.80. The van der Waals surface area contributed by atoms with Crippen molar-refractivity contribution in [3.05, 3.63) is 35.6 Å². The van der Waals surface area contributed by atoms with Gasteiger partial charge in [0, 0.05) is 16.8 Å². The van der Waals surface area contributed by atoms with Gasteiger partial charge in [-0.15, -0.1) is 0 Å². The highest BCUT2D eigenvalue weighted by Gasteiger charge is 2.46. The zero-order valence-corrected chi connectivity index (χ0v) is 19.5. The summed E-state index contributed by atoms with van der Waals surface area (Å²) in [4.78, 5) is 25.8. The Hall–Kier alpha value is -2.51. The van der Waals surface area contributed by atoms with Crippen molar-refractivity contribution in [1.82, 2.24) is 14.5 Å². The van der Waals surface area contributed by atoms with Crippen LogP contribution in [0.25, 0.3) is 11.2 Å². The smallest absolute Gasteiger partial charge is 0.469 e. The minimum absolute atomic E-state index is 0.132. The number of rotatable bonds is 8. The van der Waals surface area contributed by atoms with Crippen molar-refractivity contribution < 1.29 is 43.1 Å². The first-order valence-electron chi connectivity index (χ1n) is 10.2. The highest BCUT2D eigenvalue weighted by atomic mass is 35.5. The standard InChI is InChI=1S/C19H23ClN5O8P/c1-10-13(8-32-34(28,29)30)33-18(15(10)26)25-9-24(14-16(25)22-19(21)23-17(14)27)6-7-31-12-4-2-11(20)3-5-12/h2-5,9-10,13,15,18,26H,6-8H2,1H3,(H4-,21,22,23,27,28,29,30)/t10-,13-,15-,18-/m1/s1. The van der Waals surface area contributed by atoms with Crippen LogP contribution in [0.4, 0.5) is 5.95 Å². The molecule has 5 N–H and O–H groups in total. The zero-order valence-electron chi connectivity index (χ0n) is 17.9. The second kappa shape index (κ2) is 9.62. The normalized spacial score (nSPS) is 23.0. The van der Waals surface area contributed by atoms with Gasteiger partial charge in [-0.1, -0.05) is 23.5 Å². The Labute approximate surface area is 198 Å². The zero-order chi connectivity index (χ0) is 24.6. The number of anilines is 1. The summed E-state index contributed by atoms with van der Waals surface area (Å²) in [5.41, 5.74) is 5.95. The third kappa shape index (κ3) is 5.26. The van der Waals surface area contributed by atoms with Gasteiger partial charge in [0.15, 0.2) is 11.8 Å². The third-order valence-electron chi connectivity index (χ3n) is 5.47. The van der Waals surface area contributed by atoms with Gasteiger partial charge in [-0.25, -0.2) is 14.1 Å². The number of halogens is 1. The average molecular weight is 516 g/mol. The molecule has 0 spiro atoms. The fourth-order valence-electron chi connectivity index (χ4n) is 3.74. The van der Waals surface area contributed by atoms with E-state index in [0.717, 1.165) is 0 Å². The van der Waals surface area contributed by atoms with Crippen LogP contribution in [-0.2, 0) is 20.4 Å². The van der Waals surface area contributed by atoms with Crippen LogP contribution in [0.2, 0.25) is 5.02 Å². The van der Waals surface area contributed by atoms with Crippen LogP contribution in [0.15, 0.2) is 30.6 Å². The van der Waals surface area contributed by atoms with Gasteiger partial charge in [-0.05, 0) is 24.3 Å². The average Bonchev–Trinajstić information content (AvgIpc) is 3.25. The Morgan fingerprint density at radius 1 is 1.32 bits per heavy atom. The van der Waals surface area contributed by atoms with Gasteiger partial charge >= 0.3 is 13.5 Å². The third-order valence-corrected chi connectivity index (χ3v) is 6.21. The van der Waals surface area contributed by atoms with Crippen LogP contribution < -0.4 is 20.1 Å². The number of phosphoric acid groups is 1. The maximum absolute atomic E-state index is 12.6. The SMILES string of the molecule is C[C@H]1[C@@H](O)[C@H]([n+]2cn(CCOc3ccc(Cl)cc3)c3c([O-])nc(N)nc32)O[C@@H]1COP(=O)(O)O. The van der Waals surface area contributed by atoms with Crippen molar-refractivity contribution >= 4 is 36.5 Å². The predicted molar refractivity (Wildman–Crippen MR) is 116 cm³/mol. The maximum atomic E-state index is 12.6. The van der Waals surface area contributed by atoms with Crippen LogP contribution in [-0.4, -0.2) is 54.9 Å². The van der Waals surface area contributed by atoms with E-state index in [2.05, 4.69) is 14.5 Å². The van der Waals surface area contributed by atoms with Crippen molar-refractivity contribution in [1.29, 1.82) is 0 Å². The molecule has 4 rings (SSSR count). The molecule has 34 heavy (non-hydrogen) atoms. The molecule has 1 aromatic carbocycles. The van der Waals surface area contributed by atoms with E-state index in [4.69, 9.17) is 36.6 Å². The van der Waals surface area contributed by atoms with E-state index in [-0.39, 0.29) is 30.3 Å². The van der Waals surface area contributed by atoms with Gasteiger partial charge in [0.25, 0.3) is 5.95 Å². The molecule has 0 amide bonds. The van der Waals surface area contributed by atoms with Crippen LogP contribution >= 0.6 is 19.4 Å². The molecule has 1 saturated heterocycles. The number of nitrogens with zero attached hydrogens (tertiary/aromatic N) is 4. The van der Waals surface area contributed by atoms with E-state index in [9.17, 15) is 14.8 Å². The first-order chi connectivity index (χ1) is 16.0. The first-order valence-corrected chi connectivity index (χ1v) is 12.1. The number of aromatic nitrogens is 4. The molecule has 1 aliphatic rings. The monoisotopic (exact) mass is 515 g/mol. The van der Waals surface area contributed by atoms with E-state index in [1.807, 2.05) is 0 Å². The number of imidazole rings is 1. The molecule has 13 nitrogen and oxygen atoms in total. The molecule has 1 fully saturated rings. The fraction of sp³-hybridized carbons (Fsp3) is 0.421. The first kappa shape index (κ1) is 24.6. The maximum Gasteiger partial charge on any atom is 0.469 e. The molecular formula is C19H23ClN5O8P. The minimum Gasteiger partial charge on any atom is -0.856 e. The lowest BCUT2D eigenvalue weighted by atomic mass is 10.0. The molecular weight excluding hydrogens is 493 g/mol. The Morgan fingerprint density at radius 3 is 2.71 bits per heavy atom. The molecule has 1 aliphatic heterocycles. The van der Waals surface area contributed by atoms with E-state index >= 15 is 0 Å². The molecule has 0 unspecified atom stereocenters. The summed E-state index contributed by atoms with van der Waals surface area (Å²) in [6.45, 7) is 1.65. The summed E-state index contributed by atoms with van der Waals surface area (Å²) >= 11 is 5.88. The molecule has 0 saturated carbocycles. The minimum atomic E-state index is -4.72. The number of ether oxygens (including phenoxy) is 2. The van der Waals surface area contributed by atoms with Crippen LogP contribution in [0.5, 0.6) is 11.6 Å². The largest absolute Gasteiger partial charge is 0.856 e. The van der Waals surface area contributed by atoms with Gasteiger partial charge in [-0.2, -0.15) is 0 Å². The van der Waals surface area contributed by atoms with Crippen molar-refractivity contribution in [2.75, 3.05) is 18.9 Å². The Bertz CT molecular complexity index is 1220. The number of aliphatic hydroxyl groups is 1. The Kier molecular flexibility index (Phi) is 6.97. The van der Waals surface area contributed by atoms with Crippen LogP contribution in [0, 0.1) is 5.92 Å². The number of fused-ring (bicyclic) bond motifs is 1. The van der Waals surface area contributed by atoms with E-state index in [1.165, 1.54) is 10.9 Å². The molecule has 184 valence electrons. The van der Waals surface area contributed by atoms with Crippen LogP contribution in [0.3, 0.4) is 0 Å². The fourth-order valence-corrected chi connectivity index (χ4v) is 4.20. The summed E-state index contributed by atoms with van der Waals surface area (Å²) < 4.78 is 30.2. The number of aliphatic hydroxyl groups excluding tert-OH is 1. The molecule has 0 aliphatic carbocycles. The number of hydrogen-bond donors (Lipinski definition) is 4. The Morgan fingerprint density at radius 2 is 2.03 bits per heavy atom. The number of nitrogen functional groups attached to an aromatic ring is 1. The van der Waals surface area contributed by atoms with E-state index in [0.29, 0.717) is 10.8 Å². The molecule has 15 heteroatoms. The van der Waals surface area contributed by atoms with Gasteiger partial charge < -0.3 is 35.2 Å². The molecule has 4 atom stereocenters. The van der Waals surface area contributed by atoms with E-state index in [1.54, 1.807) is 35.8 Å². The topological polar surface area (TPSA) is 189 Å². The molecule has 2 aromatic heterocycles. The van der Waals surface area contributed by atoms with Crippen molar-refractivity contribution in [2.24, 2.45) is 5.92 Å². The van der Waals surface area contributed by atoms with Crippen molar-refractivity contribution in [3.63, 3.8) is 0 Å². The summed E-state index contributed by atoms with van der Waals surface area (Å²) in [6.07, 6.45) is -1.41. The second-order valence-electron chi connectivity index (χ2n) is 7.78. The highest BCUT2D eigenvalue weighted by Crippen LogP contribution is 2.39. The molecule has 0 bridgehead atoms. The summed E-state index contributed by atoms with van der Waals surface area (Å²) in [5.74, 6) is -0.813. The lowest BCUT2D eigenvalue weighted by molar-refractivity contribution is -0.746. The predicted octanol–water partition coefficient (Wildman–Crippen LogP) is 0.111. The lowest BCUT2D eigenvalue weighted by Gasteiger charge is -2.15. The van der Waals surface area contributed by atoms with Crippen molar-refractivity contribution in [3.8, 4) is 11.6 Å². The number of phosphoric ester groups is 1. The van der Waals surface area contributed by atoms with Gasteiger partial charge in [0.05, 0.1) is 12.7 Å². The Balaban J connectivity index is 1.60. The summed E-state index contributed by atoms with van der Waals surface area (Å²) in [5, 5.41) is 24.0. The van der Waals surface area contributed by atoms with E-state index < -0.39 is 44.7 Å². The summed E-state index contributed by atoms with van der Waals surface area (Å²) in [7, 11) is -4.72. The quantitative estimate of drug-likeness (QED) is 0.235. The lowest BCUT2D eigenvalue weighted by Crippen LogP contribution is -2.45. The number of benzene rings is 1.